The molecular formula is C20H19N3O3. The lowest BCUT2D eigenvalue weighted by Crippen LogP contribution is -2.36. The second-order valence-corrected chi connectivity index (χ2v) is 5.80. The van der Waals surface area contributed by atoms with Gasteiger partial charge in [-0.05, 0) is 36.8 Å². The molecule has 2 N–H and O–H groups in total. The number of nitrogens with zero attached hydrogens (tertiary/aromatic N) is 1. The van der Waals surface area contributed by atoms with Gasteiger partial charge in [0.15, 0.2) is 0 Å². The van der Waals surface area contributed by atoms with E-state index in [0.29, 0.717) is 11.2 Å². The Morgan fingerprint density at radius 1 is 1.00 bits per heavy atom. The van der Waals surface area contributed by atoms with Crippen LogP contribution < -0.4 is 15.4 Å². The minimum absolute atomic E-state index is 0.315. The summed E-state index contributed by atoms with van der Waals surface area (Å²) in [5.41, 5.74) is 2.01. The van der Waals surface area contributed by atoms with Gasteiger partial charge in [0.25, 0.3) is 0 Å². The van der Waals surface area contributed by atoms with Crippen LogP contribution in [0.25, 0.3) is 10.9 Å². The van der Waals surface area contributed by atoms with Crippen LogP contribution >= 0.6 is 0 Å². The number of pyridine rings is 1. The van der Waals surface area contributed by atoms with Gasteiger partial charge >= 0.3 is 11.8 Å². The summed E-state index contributed by atoms with van der Waals surface area (Å²) in [6, 6.07) is 16.1. The Kier molecular flexibility index (Phi) is 5.12. The molecule has 0 radical (unpaired) electrons. The minimum atomic E-state index is -0.733. The van der Waals surface area contributed by atoms with E-state index in [4.69, 9.17) is 4.74 Å². The lowest BCUT2D eigenvalue weighted by atomic mass is 10.1. The molecule has 1 heterocycles. The van der Waals surface area contributed by atoms with Crippen LogP contribution in [-0.2, 0) is 9.59 Å². The maximum Gasteiger partial charge on any atom is 0.313 e. The molecule has 6 heteroatoms. The van der Waals surface area contributed by atoms with E-state index in [1.54, 1.807) is 37.6 Å². The smallest absolute Gasteiger partial charge is 0.313 e. The number of nitrogens with one attached hydrogen (secondary N) is 2. The third-order valence-corrected chi connectivity index (χ3v) is 4.05. The molecule has 0 saturated heterocycles. The Morgan fingerprint density at radius 3 is 2.46 bits per heavy atom. The van der Waals surface area contributed by atoms with Gasteiger partial charge in [-0.15, -0.1) is 0 Å². The average molecular weight is 349 g/mol. The number of ether oxygens (including phenoxy) is 1. The van der Waals surface area contributed by atoms with Crippen LogP contribution in [0, 0.1) is 0 Å². The van der Waals surface area contributed by atoms with E-state index in [2.05, 4.69) is 15.6 Å². The number of methoxy groups -OCH3 is 1. The SMILES string of the molecule is COc1ccc(C(C)NC(=O)C(=O)Nc2cccc3cccnc23)cc1. The van der Waals surface area contributed by atoms with Crippen molar-refractivity contribution in [3.8, 4) is 5.75 Å². The number of hydrogen-bond donors (Lipinski definition) is 2. The third kappa shape index (κ3) is 3.80. The average Bonchev–Trinajstić information content (AvgIpc) is 2.68. The van der Waals surface area contributed by atoms with Crippen molar-refractivity contribution in [3.63, 3.8) is 0 Å². The van der Waals surface area contributed by atoms with E-state index in [1.165, 1.54) is 0 Å². The minimum Gasteiger partial charge on any atom is -0.497 e. The number of benzene rings is 2. The lowest BCUT2D eigenvalue weighted by molar-refractivity contribution is -0.136. The fourth-order valence-corrected chi connectivity index (χ4v) is 2.62. The van der Waals surface area contributed by atoms with Crippen LogP contribution in [0.5, 0.6) is 5.75 Å². The van der Waals surface area contributed by atoms with Crippen molar-refractivity contribution in [2.24, 2.45) is 0 Å². The van der Waals surface area contributed by atoms with Crippen LogP contribution in [0.3, 0.4) is 0 Å². The third-order valence-electron chi connectivity index (χ3n) is 4.05. The highest BCUT2D eigenvalue weighted by Crippen LogP contribution is 2.21. The highest BCUT2D eigenvalue weighted by Gasteiger charge is 2.18. The summed E-state index contributed by atoms with van der Waals surface area (Å²) in [5, 5.41) is 6.20. The van der Waals surface area contributed by atoms with Gasteiger partial charge in [-0.25, -0.2) is 0 Å². The Morgan fingerprint density at radius 2 is 1.73 bits per heavy atom. The van der Waals surface area contributed by atoms with Gasteiger partial charge in [0.05, 0.1) is 24.4 Å². The second-order valence-electron chi connectivity index (χ2n) is 5.80. The molecule has 2 amide bonds. The zero-order valence-electron chi connectivity index (χ0n) is 14.5. The number of para-hydroxylation sites is 1. The largest absolute Gasteiger partial charge is 0.497 e. The van der Waals surface area contributed by atoms with Gasteiger partial charge in [0.1, 0.15) is 5.75 Å². The normalized spacial score (nSPS) is 11.6. The molecule has 0 aliphatic heterocycles. The Bertz CT molecular complexity index is 933. The molecule has 1 unspecified atom stereocenters. The van der Waals surface area contributed by atoms with Gasteiger partial charge in [0.2, 0.25) is 0 Å². The quantitative estimate of drug-likeness (QED) is 0.710. The van der Waals surface area contributed by atoms with Gasteiger partial charge in [-0.3, -0.25) is 14.6 Å². The Balaban J connectivity index is 1.68. The van der Waals surface area contributed by atoms with E-state index in [-0.39, 0.29) is 6.04 Å². The van der Waals surface area contributed by atoms with Gasteiger partial charge < -0.3 is 15.4 Å². The molecule has 6 nitrogen and oxygen atoms in total. The van der Waals surface area contributed by atoms with Crippen LogP contribution in [0.4, 0.5) is 5.69 Å². The summed E-state index contributed by atoms with van der Waals surface area (Å²) in [4.78, 5) is 28.7. The molecule has 3 rings (SSSR count). The van der Waals surface area contributed by atoms with E-state index in [9.17, 15) is 9.59 Å². The molecule has 132 valence electrons. The van der Waals surface area contributed by atoms with E-state index in [1.807, 2.05) is 37.3 Å². The summed E-state index contributed by atoms with van der Waals surface area (Å²) >= 11 is 0. The van der Waals surface area contributed by atoms with Gasteiger partial charge in [-0.1, -0.05) is 30.3 Å². The molecular weight excluding hydrogens is 330 g/mol. The fraction of sp³-hybridized carbons (Fsp3) is 0.150. The van der Waals surface area contributed by atoms with Gasteiger partial charge in [-0.2, -0.15) is 0 Å². The van der Waals surface area contributed by atoms with Crippen molar-refractivity contribution >= 4 is 28.4 Å². The number of anilines is 1. The van der Waals surface area contributed by atoms with E-state index < -0.39 is 11.8 Å². The number of rotatable bonds is 4. The summed E-state index contributed by atoms with van der Waals surface area (Å²) < 4.78 is 5.11. The number of aromatic nitrogens is 1. The van der Waals surface area contributed by atoms with Crippen LogP contribution in [-0.4, -0.2) is 23.9 Å². The van der Waals surface area contributed by atoms with Crippen molar-refractivity contribution in [1.29, 1.82) is 0 Å². The monoisotopic (exact) mass is 349 g/mol. The number of carbonyl (C=O) groups is 2. The van der Waals surface area contributed by atoms with Crippen molar-refractivity contribution in [2.45, 2.75) is 13.0 Å². The maximum absolute atomic E-state index is 12.3. The van der Waals surface area contributed by atoms with E-state index >= 15 is 0 Å². The molecule has 0 aliphatic rings. The van der Waals surface area contributed by atoms with Crippen molar-refractivity contribution in [3.05, 3.63) is 66.4 Å². The standard InChI is InChI=1S/C20H19N3O3/c1-13(14-8-10-16(26-2)11-9-14)22-19(24)20(25)23-17-7-3-5-15-6-4-12-21-18(15)17/h3-13H,1-2H3,(H,22,24)(H,23,25). The summed E-state index contributed by atoms with van der Waals surface area (Å²) in [5.74, 6) is -0.710. The number of hydrogen-bond acceptors (Lipinski definition) is 4. The van der Waals surface area contributed by atoms with Crippen molar-refractivity contribution in [1.82, 2.24) is 10.3 Å². The highest BCUT2D eigenvalue weighted by atomic mass is 16.5. The molecule has 0 bridgehead atoms. The topological polar surface area (TPSA) is 80.3 Å². The molecule has 26 heavy (non-hydrogen) atoms. The number of carbonyl (C=O) groups excluding carboxylic acids is 2. The van der Waals surface area contributed by atoms with E-state index in [0.717, 1.165) is 16.7 Å². The van der Waals surface area contributed by atoms with Crippen LogP contribution in [0.2, 0.25) is 0 Å². The van der Waals surface area contributed by atoms with Crippen molar-refractivity contribution < 1.29 is 14.3 Å². The zero-order valence-corrected chi connectivity index (χ0v) is 14.5. The molecule has 0 aliphatic carbocycles. The predicted octanol–water partition coefficient (Wildman–Crippen LogP) is 3.06. The molecule has 2 aromatic carbocycles. The first-order valence-electron chi connectivity index (χ1n) is 8.18. The van der Waals surface area contributed by atoms with Gasteiger partial charge in [0, 0.05) is 11.6 Å². The summed E-state index contributed by atoms with van der Waals surface area (Å²) in [7, 11) is 1.59. The second kappa shape index (κ2) is 7.65. The first kappa shape index (κ1) is 17.4. The Labute approximate surface area is 151 Å². The molecule has 0 fully saturated rings. The zero-order chi connectivity index (χ0) is 18.5. The number of fused-ring (bicyclic) bond motifs is 1. The summed E-state index contributed by atoms with van der Waals surface area (Å²) in [6.45, 7) is 1.81. The molecule has 1 aromatic heterocycles. The van der Waals surface area contributed by atoms with Crippen molar-refractivity contribution in [2.75, 3.05) is 12.4 Å². The first-order valence-corrected chi connectivity index (χ1v) is 8.18. The lowest BCUT2D eigenvalue weighted by Gasteiger charge is -2.15. The molecule has 1 atom stereocenters. The predicted molar refractivity (Wildman–Crippen MR) is 99.9 cm³/mol. The maximum atomic E-state index is 12.3. The molecule has 0 spiro atoms. The fourth-order valence-electron chi connectivity index (χ4n) is 2.62. The van der Waals surface area contributed by atoms with Crippen LogP contribution in [0.1, 0.15) is 18.5 Å². The first-order chi connectivity index (χ1) is 12.6. The molecule has 3 aromatic rings. The highest BCUT2D eigenvalue weighted by molar-refractivity contribution is 6.40. The van der Waals surface area contributed by atoms with Crippen LogP contribution in [0.15, 0.2) is 60.8 Å². The number of amides is 2. The summed E-state index contributed by atoms with van der Waals surface area (Å²) in [6.07, 6.45) is 1.64. The Hall–Kier alpha value is -3.41. The molecule has 0 saturated carbocycles.